The Bertz CT molecular complexity index is 1310. The first-order valence-corrected chi connectivity index (χ1v) is 13.8. The first-order valence-electron chi connectivity index (χ1n) is 11.5. The summed E-state index contributed by atoms with van der Waals surface area (Å²) in [5, 5.41) is 2.94. The molecule has 0 unspecified atom stereocenters. The molecule has 0 aliphatic rings. The smallest absolute Gasteiger partial charge is 0.243 e. The first-order chi connectivity index (χ1) is 17.2. The molecule has 0 spiro atoms. The van der Waals surface area contributed by atoms with Crippen LogP contribution in [0.1, 0.15) is 23.6 Å². The molecule has 0 bridgehead atoms. The highest BCUT2D eigenvalue weighted by Crippen LogP contribution is 2.31. The molecule has 0 fully saturated rings. The zero-order valence-corrected chi connectivity index (χ0v) is 23.3. The van der Waals surface area contributed by atoms with Gasteiger partial charge in [0.1, 0.15) is 0 Å². The molecule has 3 aromatic rings. The number of nitrogens with zero attached hydrogens (tertiary/aromatic N) is 1. The first kappa shape index (κ1) is 27.7. The summed E-state index contributed by atoms with van der Waals surface area (Å²) in [6.45, 7) is 3.72. The number of nitrogens with one attached hydrogen (secondary N) is 1. The average molecular weight is 576 g/mol. The molecule has 0 aliphatic heterocycles. The van der Waals surface area contributed by atoms with Gasteiger partial charge in [-0.3, -0.25) is 4.79 Å². The number of ether oxygens (including phenoxy) is 2. The van der Waals surface area contributed by atoms with E-state index in [-0.39, 0.29) is 18.0 Å². The van der Waals surface area contributed by atoms with Crippen molar-refractivity contribution in [1.82, 2.24) is 4.31 Å². The maximum atomic E-state index is 13.7. The van der Waals surface area contributed by atoms with E-state index in [2.05, 4.69) is 21.2 Å². The molecule has 7 nitrogen and oxygen atoms in total. The topological polar surface area (TPSA) is 84.9 Å². The summed E-state index contributed by atoms with van der Waals surface area (Å²) in [6.07, 6.45) is 1.18. The number of rotatable bonds is 11. The fourth-order valence-corrected chi connectivity index (χ4v) is 5.95. The van der Waals surface area contributed by atoms with Crippen molar-refractivity contribution < 1.29 is 22.7 Å². The monoisotopic (exact) mass is 574 g/mol. The van der Waals surface area contributed by atoms with Gasteiger partial charge >= 0.3 is 0 Å². The predicted molar refractivity (Wildman–Crippen MR) is 145 cm³/mol. The Labute approximate surface area is 221 Å². The number of sulfonamides is 1. The van der Waals surface area contributed by atoms with Crippen LogP contribution in [0.25, 0.3) is 0 Å². The molecule has 0 aliphatic carbocycles. The lowest BCUT2D eigenvalue weighted by Crippen LogP contribution is -2.39. The number of carbonyl (C=O) groups is 1. The Morgan fingerprint density at radius 1 is 1.00 bits per heavy atom. The Kier molecular flexibility index (Phi) is 9.53. The van der Waals surface area contributed by atoms with Crippen LogP contribution in [0, 0.1) is 6.92 Å². The quantitative estimate of drug-likeness (QED) is 0.340. The van der Waals surface area contributed by atoms with Crippen LogP contribution in [0.2, 0.25) is 0 Å². The molecular weight excluding hydrogens is 544 g/mol. The second-order valence-electron chi connectivity index (χ2n) is 8.25. The van der Waals surface area contributed by atoms with Crippen molar-refractivity contribution in [1.29, 1.82) is 0 Å². The van der Waals surface area contributed by atoms with E-state index in [4.69, 9.17) is 9.47 Å². The summed E-state index contributed by atoms with van der Waals surface area (Å²) >= 11 is 3.49. The molecule has 1 N–H and O–H groups in total. The van der Waals surface area contributed by atoms with Crippen molar-refractivity contribution in [3.63, 3.8) is 0 Å². The predicted octanol–water partition coefficient (Wildman–Crippen LogP) is 5.21. The Hall–Kier alpha value is -2.88. The molecule has 36 heavy (non-hydrogen) atoms. The van der Waals surface area contributed by atoms with Crippen LogP contribution in [0.3, 0.4) is 0 Å². The summed E-state index contributed by atoms with van der Waals surface area (Å²) in [7, 11) is -1.09. The van der Waals surface area contributed by atoms with Crippen LogP contribution in [0.15, 0.2) is 70.0 Å². The van der Waals surface area contributed by atoms with Crippen molar-refractivity contribution in [2.24, 2.45) is 0 Å². The summed E-state index contributed by atoms with van der Waals surface area (Å²) in [4.78, 5) is 13.2. The second kappa shape index (κ2) is 12.4. The van der Waals surface area contributed by atoms with Crippen LogP contribution in [-0.2, 0) is 27.7 Å². The van der Waals surface area contributed by atoms with E-state index in [1.54, 1.807) is 6.07 Å². The van der Waals surface area contributed by atoms with Crippen LogP contribution >= 0.6 is 15.9 Å². The molecule has 1 amide bonds. The molecule has 0 radical (unpaired) electrons. The fraction of sp³-hybridized carbons (Fsp3) is 0.296. The molecule has 3 aromatic carbocycles. The van der Waals surface area contributed by atoms with Gasteiger partial charge < -0.3 is 14.8 Å². The zero-order chi connectivity index (χ0) is 26.3. The number of methoxy groups -OCH3 is 2. The highest BCUT2D eigenvalue weighted by atomic mass is 79.9. The van der Waals surface area contributed by atoms with E-state index in [0.717, 1.165) is 27.6 Å². The van der Waals surface area contributed by atoms with Gasteiger partial charge in [0.2, 0.25) is 15.9 Å². The van der Waals surface area contributed by atoms with Crippen LogP contribution < -0.4 is 14.8 Å². The van der Waals surface area contributed by atoms with E-state index >= 15 is 0 Å². The van der Waals surface area contributed by atoms with E-state index in [1.807, 2.05) is 56.3 Å². The maximum absolute atomic E-state index is 13.7. The fourth-order valence-electron chi connectivity index (χ4n) is 3.92. The van der Waals surface area contributed by atoms with Gasteiger partial charge in [0.25, 0.3) is 0 Å². The van der Waals surface area contributed by atoms with E-state index in [0.29, 0.717) is 23.6 Å². The Morgan fingerprint density at radius 3 is 2.33 bits per heavy atom. The molecule has 0 aromatic heterocycles. The number of aryl methyl sites for hydroxylation is 2. The number of amides is 1. The summed E-state index contributed by atoms with van der Waals surface area (Å²) in [5.74, 6) is 0.305. The van der Waals surface area contributed by atoms with Crippen molar-refractivity contribution in [2.45, 2.75) is 31.6 Å². The molecule has 0 atom stereocenters. The van der Waals surface area contributed by atoms with Crippen LogP contribution in [0.4, 0.5) is 5.69 Å². The molecular formula is C27H31BrN2O5S. The van der Waals surface area contributed by atoms with Gasteiger partial charge in [-0.2, -0.15) is 4.31 Å². The van der Waals surface area contributed by atoms with Gasteiger partial charge in [0.15, 0.2) is 11.5 Å². The van der Waals surface area contributed by atoms with E-state index in [1.165, 1.54) is 30.7 Å². The minimum Gasteiger partial charge on any atom is -0.493 e. The van der Waals surface area contributed by atoms with Gasteiger partial charge in [0, 0.05) is 22.8 Å². The lowest BCUT2D eigenvalue weighted by atomic mass is 10.1. The number of carbonyl (C=O) groups excluding carboxylic acids is 1. The van der Waals surface area contributed by atoms with E-state index in [9.17, 15) is 13.2 Å². The van der Waals surface area contributed by atoms with Gasteiger partial charge in [0.05, 0.1) is 25.7 Å². The molecule has 3 rings (SSSR count). The van der Waals surface area contributed by atoms with Gasteiger partial charge in [-0.05, 0) is 60.7 Å². The maximum Gasteiger partial charge on any atom is 0.243 e. The Morgan fingerprint density at radius 2 is 1.69 bits per heavy atom. The van der Waals surface area contributed by atoms with E-state index < -0.39 is 15.9 Å². The van der Waals surface area contributed by atoms with Crippen molar-refractivity contribution >= 4 is 37.5 Å². The molecule has 0 saturated heterocycles. The third kappa shape index (κ3) is 6.66. The zero-order valence-electron chi connectivity index (χ0n) is 20.9. The largest absolute Gasteiger partial charge is 0.493 e. The van der Waals surface area contributed by atoms with Gasteiger partial charge in [-0.25, -0.2) is 8.42 Å². The number of hydrogen-bond acceptors (Lipinski definition) is 5. The van der Waals surface area contributed by atoms with Crippen molar-refractivity contribution in [3.05, 3.63) is 81.8 Å². The van der Waals surface area contributed by atoms with Crippen molar-refractivity contribution in [3.8, 4) is 11.5 Å². The minimum atomic E-state index is -4.02. The van der Waals surface area contributed by atoms with Gasteiger partial charge in [-0.15, -0.1) is 0 Å². The minimum absolute atomic E-state index is 0.0232. The third-order valence-electron chi connectivity index (χ3n) is 5.83. The standard InChI is InChI=1S/C27H31BrN2O5S/c1-5-21-16-22(28)15-19(2)27(21)29-26(31)18-30(14-13-20-9-7-6-8-10-20)36(32,33)23-11-12-24(34-3)25(17-23)35-4/h6-12,15-17H,5,13-14,18H2,1-4H3,(H,29,31). The SMILES string of the molecule is CCc1cc(Br)cc(C)c1NC(=O)CN(CCc1ccccc1)S(=O)(=O)c1ccc(OC)c(OC)c1. The molecule has 192 valence electrons. The van der Waals surface area contributed by atoms with Crippen LogP contribution in [-0.4, -0.2) is 45.9 Å². The lowest BCUT2D eigenvalue weighted by molar-refractivity contribution is -0.116. The molecule has 9 heteroatoms. The summed E-state index contributed by atoms with van der Waals surface area (Å²) in [6, 6.07) is 17.8. The molecule has 0 heterocycles. The number of hydrogen-bond donors (Lipinski definition) is 1. The Balaban J connectivity index is 1.92. The van der Waals surface area contributed by atoms with Crippen LogP contribution in [0.5, 0.6) is 11.5 Å². The summed E-state index contributed by atoms with van der Waals surface area (Å²) in [5.41, 5.74) is 3.54. The van der Waals surface area contributed by atoms with Crippen molar-refractivity contribution in [2.75, 3.05) is 32.6 Å². The van der Waals surface area contributed by atoms with Gasteiger partial charge in [-0.1, -0.05) is 53.2 Å². The lowest BCUT2D eigenvalue weighted by Gasteiger charge is -2.23. The highest BCUT2D eigenvalue weighted by Gasteiger charge is 2.28. The normalized spacial score (nSPS) is 11.4. The number of anilines is 1. The third-order valence-corrected chi connectivity index (χ3v) is 8.13. The average Bonchev–Trinajstić information content (AvgIpc) is 2.87. The summed E-state index contributed by atoms with van der Waals surface area (Å²) < 4.78 is 40.0. The number of benzene rings is 3. The second-order valence-corrected chi connectivity index (χ2v) is 11.1. The number of halogens is 1. The molecule has 0 saturated carbocycles. The highest BCUT2D eigenvalue weighted by molar-refractivity contribution is 9.10.